The molecule has 0 fully saturated rings. The number of hydrogen-bond acceptors (Lipinski definition) is 6. The van der Waals surface area contributed by atoms with Gasteiger partial charge in [0.15, 0.2) is 0 Å². The van der Waals surface area contributed by atoms with E-state index in [-0.39, 0.29) is 28.8 Å². The normalized spacial score (nSPS) is 11.8. The van der Waals surface area contributed by atoms with Crippen LogP contribution in [0.25, 0.3) is 0 Å². The van der Waals surface area contributed by atoms with Gasteiger partial charge in [0.05, 0.1) is 24.8 Å². The van der Waals surface area contributed by atoms with Crippen molar-refractivity contribution >= 4 is 27.5 Å². The third kappa shape index (κ3) is 7.29. The molecule has 3 aromatic carbocycles. The molecular weight excluding hydrogens is 518 g/mol. The molecule has 0 radical (unpaired) electrons. The second-order valence-electron chi connectivity index (χ2n) is 8.75. The van der Waals surface area contributed by atoms with E-state index >= 15 is 0 Å². The highest BCUT2D eigenvalue weighted by Gasteiger charge is 2.33. The lowest BCUT2D eigenvalue weighted by atomic mass is 10.1. The van der Waals surface area contributed by atoms with Crippen molar-refractivity contribution in [3.8, 4) is 11.5 Å². The zero-order valence-corrected chi connectivity index (χ0v) is 23.5. The van der Waals surface area contributed by atoms with Crippen LogP contribution < -0.4 is 19.1 Å². The number of carbonyl (C=O) groups is 2. The molecule has 0 bridgehead atoms. The second kappa shape index (κ2) is 13.7. The average molecular weight is 554 g/mol. The quantitative estimate of drug-likeness (QED) is 0.347. The van der Waals surface area contributed by atoms with E-state index in [1.165, 1.54) is 31.3 Å². The Morgan fingerprint density at radius 3 is 2.15 bits per heavy atom. The molecule has 1 atom stereocenters. The minimum atomic E-state index is -4.21. The average Bonchev–Trinajstić information content (AvgIpc) is 2.96. The minimum absolute atomic E-state index is 0.0189. The number of nitrogens with zero attached hydrogens (tertiary/aromatic N) is 2. The van der Waals surface area contributed by atoms with Crippen LogP contribution in [0.2, 0.25) is 0 Å². The lowest BCUT2D eigenvalue weighted by molar-refractivity contribution is -0.138. The number of nitrogens with one attached hydrogen (secondary N) is 1. The van der Waals surface area contributed by atoms with Crippen LogP contribution in [0.3, 0.4) is 0 Å². The van der Waals surface area contributed by atoms with Crippen molar-refractivity contribution in [1.29, 1.82) is 0 Å². The van der Waals surface area contributed by atoms with Gasteiger partial charge in [-0.25, -0.2) is 8.42 Å². The van der Waals surface area contributed by atoms with E-state index in [0.717, 1.165) is 9.87 Å². The first-order valence-electron chi connectivity index (χ1n) is 12.6. The number of anilines is 1. The number of methoxy groups -OCH3 is 2. The van der Waals surface area contributed by atoms with Crippen LogP contribution in [0.5, 0.6) is 11.5 Å². The van der Waals surface area contributed by atoms with Gasteiger partial charge in [0.1, 0.15) is 24.1 Å². The highest BCUT2D eigenvalue weighted by atomic mass is 32.2. The van der Waals surface area contributed by atoms with Gasteiger partial charge in [-0.3, -0.25) is 13.9 Å². The molecule has 39 heavy (non-hydrogen) atoms. The summed E-state index contributed by atoms with van der Waals surface area (Å²) < 4.78 is 39.5. The number of ether oxygens (including phenoxy) is 2. The zero-order valence-electron chi connectivity index (χ0n) is 22.7. The molecule has 1 N–H and O–H groups in total. The van der Waals surface area contributed by atoms with Gasteiger partial charge in [0.25, 0.3) is 10.0 Å². The Balaban J connectivity index is 2.01. The van der Waals surface area contributed by atoms with Gasteiger partial charge < -0.3 is 19.7 Å². The maximum atomic E-state index is 13.9. The summed E-state index contributed by atoms with van der Waals surface area (Å²) in [4.78, 5) is 28.0. The summed E-state index contributed by atoms with van der Waals surface area (Å²) >= 11 is 0. The second-order valence-corrected chi connectivity index (χ2v) is 10.6. The smallest absolute Gasteiger partial charge is 0.264 e. The van der Waals surface area contributed by atoms with E-state index in [9.17, 15) is 18.0 Å². The molecule has 0 aliphatic rings. The lowest BCUT2D eigenvalue weighted by Gasteiger charge is -2.32. The Labute approximate surface area is 230 Å². The van der Waals surface area contributed by atoms with E-state index in [2.05, 4.69) is 5.32 Å². The first-order chi connectivity index (χ1) is 18.7. The van der Waals surface area contributed by atoms with Crippen molar-refractivity contribution in [2.45, 2.75) is 31.2 Å². The van der Waals surface area contributed by atoms with Gasteiger partial charge in [-0.1, -0.05) is 42.5 Å². The van der Waals surface area contributed by atoms with Gasteiger partial charge in [0, 0.05) is 13.1 Å². The largest absolute Gasteiger partial charge is 0.497 e. The number of para-hydroxylation sites is 2. The number of carbonyl (C=O) groups excluding carboxylic acids is 2. The molecule has 0 spiro atoms. The Kier molecular flexibility index (Phi) is 10.3. The predicted molar refractivity (Wildman–Crippen MR) is 151 cm³/mol. The summed E-state index contributed by atoms with van der Waals surface area (Å²) in [5.74, 6) is -0.0554. The van der Waals surface area contributed by atoms with E-state index in [4.69, 9.17) is 9.47 Å². The predicted octanol–water partition coefficient (Wildman–Crippen LogP) is 3.50. The molecule has 0 saturated carbocycles. The number of likely N-dealkylation sites (N-methyl/N-ethyl adjacent to an activating group) is 1. The molecular formula is C29H35N3O6S. The molecule has 9 nitrogen and oxygen atoms in total. The van der Waals surface area contributed by atoms with Crippen LogP contribution in [0.15, 0.2) is 83.8 Å². The minimum Gasteiger partial charge on any atom is -0.497 e. The van der Waals surface area contributed by atoms with Gasteiger partial charge >= 0.3 is 0 Å². The maximum Gasteiger partial charge on any atom is 0.264 e. The first kappa shape index (κ1) is 29.5. The third-order valence-corrected chi connectivity index (χ3v) is 8.06. The Morgan fingerprint density at radius 2 is 1.54 bits per heavy atom. The SMILES string of the molecule is CCNC(=O)C(C)N(CCc1ccccc1)C(=O)CN(c1ccccc1OC)S(=O)(=O)c1ccc(OC)cc1. The molecule has 0 aliphatic carbocycles. The van der Waals surface area contributed by atoms with Crippen molar-refractivity contribution in [2.24, 2.45) is 0 Å². The monoisotopic (exact) mass is 553 g/mol. The number of rotatable bonds is 13. The Bertz CT molecular complexity index is 1350. The first-order valence-corrected chi connectivity index (χ1v) is 14.1. The van der Waals surface area contributed by atoms with Crippen LogP contribution in [0, 0.1) is 0 Å². The Hall–Kier alpha value is -4.05. The van der Waals surface area contributed by atoms with E-state index in [1.807, 2.05) is 30.3 Å². The van der Waals surface area contributed by atoms with E-state index in [1.54, 1.807) is 50.2 Å². The van der Waals surface area contributed by atoms with Gasteiger partial charge in [-0.05, 0) is 62.2 Å². The molecule has 2 amide bonds. The summed E-state index contributed by atoms with van der Waals surface area (Å²) in [5, 5.41) is 2.75. The fourth-order valence-corrected chi connectivity index (χ4v) is 5.54. The fourth-order valence-electron chi connectivity index (χ4n) is 4.12. The molecule has 3 aromatic rings. The molecule has 3 rings (SSSR count). The topological polar surface area (TPSA) is 105 Å². The molecule has 0 aliphatic heterocycles. The molecule has 10 heteroatoms. The van der Waals surface area contributed by atoms with E-state index < -0.39 is 28.5 Å². The molecule has 0 saturated heterocycles. The summed E-state index contributed by atoms with van der Waals surface area (Å²) in [7, 11) is -1.29. The van der Waals surface area contributed by atoms with Crippen molar-refractivity contribution < 1.29 is 27.5 Å². The number of benzene rings is 3. The summed E-state index contributed by atoms with van der Waals surface area (Å²) in [6.07, 6.45) is 0.496. The highest BCUT2D eigenvalue weighted by molar-refractivity contribution is 7.92. The zero-order chi connectivity index (χ0) is 28.4. The maximum absolute atomic E-state index is 13.9. The van der Waals surface area contributed by atoms with Gasteiger partial charge in [-0.2, -0.15) is 0 Å². The van der Waals surface area contributed by atoms with Crippen LogP contribution in [0.4, 0.5) is 5.69 Å². The summed E-state index contributed by atoms with van der Waals surface area (Å²) in [6, 6.07) is 21.3. The number of sulfonamides is 1. The van der Waals surface area contributed by atoms with Gasteiger partial charge in [-0.15, -0.1) is 0 Å². The number of hydrogen-bond donors (Lipinski definition) is 1. The van der Waals surface area contributed by atoms with Gasteiger partial charge in [0.2, 0.25) is 11.8 Å². The van der Waals surface area contributed by atoms with Crippen molar-refractivity contribution in [3.63, 3.8) is 0 Å². The third-order valence-electron chi connectivity index (χ3n) is 6.28. The molecule has 0 heterocycles. The van der Waals surface area contributed by atoms with Crippen LogP contribution in [-0.4, -0.2) is 65.0 Å². The molecule has 1 unspecified atom stereocenters. The number of amides is 2. The molecule has 208 valence electrons. The summed E-state index contributed by atoms with van der Waals surface area (Å²) in [5.41, 5.74) is 1.20. The van der Waals surface area contributed by atoms with Crippen molar-refractivity contribution in [3.05, 3.63) is 84.4 Å². The highest BCUT2D eigenvalue weighted by Crippen LogP contribution is 2.33. The molecule has 0 aromatic heterocycles. The lowest BCUT2D eigenvalue weighted by Crippen LogP contribution is -2.52. The van der Waals surface area contributed by atoms with Crippen LogP contribution >= 0.6 is 0 Å². The van der Waals surface area contributed by atoms with Crippen molar-refractivity contribution in [2.75, 3.05) is 38.2 Å². The Morgan fingerprint density at radius 1 is 0.897 bits per heavy atom. The van der Waals surface area contributed by atoms with Crippen LogP contribution in [-0.2, 0) is 26.0 Å². The standard InChI is InChI=1S/C29H35N3O6S/c1-5-30-29(34)22(2)31(20-19-23-11-7-6-8-12-23)28(33)21-32(26-13-9-10-14-27(26)38-4)39(35,36)25-17-15-24(37-3)16-18-25/h6-18,22H,5,19-21H2,1-4H3,(H,30,34). The summed E-state index contributed by atoms with van der Waals surface area (Å²) in [6.45, 7) is 3.53. The van der Waals surface area contributed by atoms with E-state index in [0.29, 0.717) is 18.7 Å². The fraction of sp³-hybridized carbons (Fsp3) is 0.310. The van der Waals surface area contributed by atoms with Crippen LogP contribution in [0.1, 0.15) is 19.4 Å². The van der Waals surface area contributed by atoms with Crippen molar-refractivity contribution in [1.82, 2.24) is 10.2 Å².